The van der Waals surface area contributed by atoms with Crippen molar-refractivity contribution >= 4 is 43.5 Å². The summed E-state index contributed by atoms with van der Waals surface area (Å²) in [5, 5.41) is 3.23. The Morgan fingerprint density at radius 2 is 1.43 bits per heavy atom. The van der Waals surface area contributed by atoms with E-state index in [9.17, 15) is 18.0 Å². The molecule has 0 unspecified atom stereocenters. The van der Waals surface area contributed by atoms with Gasteiger partial charge in [0, 0.05) is 23.5 Å². The fourth-order valence-electron chi connectivity index (χ4n) is 9.77. The smallest absolute Gasteiger partial charge is 0.244 e. The van der Waals surface area contributed by atoms with Crippen molar-refractivity contribution in [2.75, 3.05) is 17.1 Å². The van der Waals surface area contributed by atoms with Crippen LogP contribution in [0.4, 0.5) is 5.69 Å². The number of hydrogen-bond acceptors (Lipinski definition) is 4. The lowest BCUT2D eigenvalue weighted by Gasteiger charge is -2.57. The number of hydrogen-bond donors (Lipinski definition) is 1. The first-order valence-corrected chi connectivity index (χ1v) is 20.7. The van der Waals surface area contributed by atoms with Crippen molar-refractivity contribution < 1.29 is 18.0 Å². The molecule has 5 aliphatic rings. The minimum atomic E-state index is -3.83. The Morgan fingerprint density at radius 3 is 2.00 bits per heavy atom. The first-order valence-electron chi connectivity index (χ1n) is 18.0. The lowest BCUT2D eigenvalue weighted by molar-refractivity contribution is -0.140. The fourth-order valence-corrected chi connectivity index (χ4v) is 10.9. The molecular weight excluding hydrogens is 698 g/mol. The highest BCUT2D eigenvalue weighted by atomic mass is 79.9. The van der Waals surface area contributed by atoms with Crippen LogP contribution in [0.25, 0.3) is 0 Å². The second kappa shape index (κ2) is 14.2. The standard InChI is InChI=1S/C40H48BrN3O4S/c1-49(47,48)44(36-17-13-33(14-18-36)40-23-30-19-31(24-40)21-32(20-30)25-40)27-38(45)43(26-29-11-15-34(41)16-12-29)37(22-28-7-3-2-4-8-28)39(46)42-35-9-5-6-10-35/h2-4,7-8,11-18,30-32,35,37H,5-6,9-10,19-27H2,1H3,(H,42,46)/t30?,31?,32?,37-,40?/m1/s1. The van der Waals surface area contributed by atoms with Gasteiger partial charge in [-0.1, -0.05) is 83.4 Å². The first-order chi connectivity index (χ1) is 23.5. The number of carbonyl (C=O) groups is 2. The molecule has 7 nitrogen and oxygen atoms in total. The predicted octanol–water partition coefficient (Wildman–Crippen LogP) is 7.38. The number of rotatable bonds is 12. The van der Waals surface area contributed by atoms with Crippen LogP contribution >= 0.6 is 15.9 Å². The second-order valence-electron chi connectivity index (χ2n) is 15.4. The van der Waals surface area contributed by atoms with Gasteiger partial charge in [-0.2, -0.15) is 0 Å². The van der Waals surface area contributed by atoms with Crippen LogP contribution in [-0.2, 0) is 38.0 Å². The SMILES string of the molecule is CS(=O)(=O)N(CC(=O)N(Cc1ccc(Br)cc1)[C@H](Cc1ccccc1)C(=O)NC1CCCC1)c1ccc(C23CC4CC(CC(C4)C2)C3)cc1. The number of benzene rings is 3. The number of halogens is 1. The molecule has 0 radical (unpaired) electrons. The van der Waals surface area contributed by atoms with Crippen molar-refractivity contribution in [1.82, 2.24) is 10.2 Å². The third kappa shape index (κ3) is 7.78. The van der Waals surface area contributed by atoms with Crippen LogP contribution in [0.2, 0.25) is 0 Å². The first kappa shape index (κ1) is 34.3. The topological polar surface area (TPSA) is 86.8 Å². The van der Waals surface area contributed by atoms with Gasteiger partial charge in [0.05, 0.1) is 11.9 Å². The van der Waals surface area contributed by atoms with Crippen LogP contribution in [0.5, 0.6) is 0 Å². The molecule has 8 rings (SSSR count). The van der Waals surface area contributed by atoms with Crippen LogP contribution in [0.1, 0.15) is 80.9 Å². The van der Waals surface area contributed by atoms with E-state index in [1.807, 2.05) is 66.7 Å². The highest BCUT2D eigenvalue weighted by Crippen LogP contribution is 2.60. The summed E-state index contributed by atoms with van der Waals surface area (Å²) in [6.45, 7) is -0.224. The van der Waals surface area contributed by atoms with Gasteiger partial charge >= 0.3 is 0 Å². The third-order valence-corrected chi connectivity index (χ3v) is 13.4. The van der Waals surface area contributed by atoms with E-state index in [0.717, 1.165) is 65.3 Å². The van der Waals surface area contributed by atoms with Crippen LogP contribution in [0.15, 0.2) is 83.3 Å². The average molecular weight is 747 g/mol. The monoisotopic (exact) mass is 745 g/mol. The molecule has 4 bridgehead atoms. The van der Waals surface area contributed by atoms with E-state index >= 15 is 0 Å². The zero-order valence-electron chi connectivity index (χ0n) is 28.4. The molecule has 49 heavy (non-hydrogen) atoms. The molecule has 9 heteroatoms. The Kier molecular flexibility index (Phi) is 9.95. The van der Waals surface area contributed by atoms with E-state index in [1.165, 1.54) is 48.4 Å². The van der Waals surface area contributed by atoms with Crippen LogP contribution in [0, 0.1) is 17.8 Å². The minimum Gasteiger partial charge on any atom is -0.352 e. The van der Waals surface area contributed by atoms with E-state index in [4.69, 9.17) is 0 Å². The van der Waals surface area contributed by atoms with E-state index < -0.39 is 28.5 Å². The van der Waals surface area contributed by atoms with Crippen LogP contribution in [-0.4, -0.2) is 50.0 Å². The zero-order valence-corrected chi connectivity index (χ0v) is 30.8. The van der Waals surface area contributed by atoms with Gasteiger partial charge in [0.25, 0.3) is 0 Å². The molecule has 2 amide bonds. The number of nitrogens with one attached hydrogen (secondary N) is 1. The Labute approximate surface area is 300 Å². The summed E-state index contributed by atoms with van der Waals surface area (Å²) >= 11 is 3.50. The lowest BCUT2D eigenvalue weighted by Crippen LogP contribution is -2.54. The van der Waals surface area contributed by atoms with Crippen molar-refractivity contribution in [3.8, 4) is 0 Å². The molecule has 0 aromatic heterocycles. The molecular formula is C40H48BrN3O4S. The van der Waals surface area contributed by atoms with Gasteiger partial charge in [0.2, 0.25) is 21.8 Å². The Bertz CT molecular complexity index is 1700. The summed E-state index contributed by atoms with van der Waals surface area (Å²) < 4.78 is 28.9. The maximum atomic E-state index is 14.5. The quantitative estimate of drug-likeness (QED) is 0.210. The molecule has 0 saturated heterocycles. The molecule has 5 saturated carbocycles. The van der Waals surface area contributed by atoms with Gasteiger partial charge in [-0.15, -0.1) is 0 Å². The minimum absolute atomic E-state index is 0.0791. The molecule has 1 N–H and O–H groups in total. The maximum Gasteiger partial charge on any atom is 0.244 e. The average Bonchev–Trinajstić information content (AvgIpc) is 3.58. The molecule has 1 atom stereocenters. The Hall–Kier alpha value is -3.17. The molecule has 3 aromatic carbocycles. The molecule has 260 valence electrons. The zero-order chi connectivity index (χ0) is 34.2. The highest BCUT2D eigenvalue weighted by molar-refractivity contribution is 9.10. The third-order valence-electron chi connectivity index (χ3n) is 11.7. The summed E-state index contributed by atoms with van der Waals surface area (Å²) in [6, 6.07) is 24.6. The summed E-state index contributed by atoms with van der Waals surface area (Å²) in [5.74, 6) is 1.81. The number of amides is 2. The van der Waals surface area contributed by atoms with Crippen molar-refractivity contribution in [3.63, 3.8) is 0 Å². The van der Waals surface area contributed by atoms with Crippen molar-refractivity contribution in [1.29, 1.82) is 0 Å². The maximum absolute atomic E-state index is 14.5. The number of sulfonamides is 1. The van der Waals surface area contributed by atoms with Gasteiger partial charge in [-0.25, -0.2) is 8.42 Å². The second-order valence-corrected chi connectivity index (χ2v) is 18.2. The van der Waals surface area contributed by atoms with E-state index in [0.29, 0.717) is 12.1 Å². The molecule has 0 aliphatic heterocycles. The van der Waals surface area contributed by atoms with Gasteiger partial charge in [-0.05, 0) is 115 Å². The summed E-state index contributed by atoms with van der Waals surface area (Å²) in [7, 11) is -3.83. The predicted molar refractivity (Wildman–Crippen MR) is 198 cm³/mol. The molecule has 0 spiro atoms. The Morgan fingerprint density at radius 1 is 0.837 bits per heavy atom. The summed E-state index contributed by atoms with van der Waals surface area (Å²) in [6.07, 6.45) is 13.2. The molecule has 3 aromatic rings. The highest BCUT2D eigenvalue weighted by Gasteiger charge is 2.51. The largest absolute Gasteiger partial charge is 0.352 e. The number of anilines is 1. The van der Waals surface area contributed by atoms with Gasteiger partial charge in [0.1, 0.15) is 12.6 Å². The Balaban J connectivity index is 1.18. The van der Waals surface area contributed by atoms with Crippen LogP contribution < -0.4 is 9.62 Å². The van der Waals surface area contributed by atoms with Crippen molar-refractivity contribution in [2.24, 2.45) is 17.8 Å². The fraction of sp³-hybridized carbons (Fsp3) is 0.500. The normalized spacial score (nSPS) is 25.2. The summed E-state index contributed by atoms with van der Waals surface area (Å²) in [4.78, 5) is 30.2. The number of nitrogens with zero attached hydrogens (tertiary/aromatic N) is 2. The molecule has 0 heterocycles. The molecule has 5 aliphatic carbocycles. The van der Waals surface area contributed by atoms with Crippen molar-refractivity contribution in [2.45, 2.75) is 94.7 Å². The van der Waals surface area contributed by atoms with E-state index in [1.54, 1.807) is 4.90 Å². The van der Waals surface area contributed by atoms with Crippen LogP contribution in [0.3, 0.4) is 0 Å². The number of carbonyl (C=O) groups excluding carboxylic acids is 2. The van der Waals surface area contributed by atoms with Crippen molar-refractivity contribution in [3.05, 3.63) is 100 Å². The molecule has 5 fully saturated rings. The van der Waals surface area contributed by atoms with E-state index in [-0.39, 0.29) is 23.9 Å². The lowest BCUT2D eigenvalue weighted by atomic mass is 9.48. The summed E-state index contributed by atoms with van der Waals surface area (Å²) in [5.41, 5.74) is 3.76. The van der Waals surface area contributed by atoms with Gasteiger partial charge in [0.15, 0.2) is 0 Å². The van der Waals surface area contributed by atoms with Gasteiger partial charge in [-0.3, -0.25) is 13.9 Å². The van der Waals surface area contributed by atoms with Gasteiger partial charge < -0.3 is 10.2 Å². The van der Waals surface area contributed by atoms with E-state index in [2.05, 4.69) is 33.4 Å².